The second-order valence-electron chi connectivity index (χ2n) is 4.57. The van der Waals surface area contributed by atoms with Crippen molar-refractivity contribution in [2.24, 2.45) is 0 Å². The lowest BCUT2D eigenvalue weighted by atomic mass is 10.1. The van der Waals surface area contributed by atoms with Gasteiger partial charge in [-0.05, 0) is 31.2 Å². The Morgan fingerprint density at radius 1 is 1.41 bits per heavy atom. The molecule has 1 N–H and O–H groups in total. The quantitative estimate of drug-likeness (QED) is 0.821. The lowest BCUT2D eigenvalue weighted by molar-refractivity contribution is 0.426. The van der Waals surface area contributed by atoms with Gasteiger partial charge in [-0.1, -0.05) is 6.07 Å². The molecule has 0 aliphatic heterocycles. The summed E-state index contributed by atoms with van der Waals surface area (Å²) in [7, 11) is 0. The molecule has 0 aromatic carbocycles. The summed E-state index contributed by atoms with van der Waals surface area (Å²) in [6.07, 6.45) is 3.24. The predicted octanol–water partition coefficient (Wildman–Crippen LogP) is 2.33. The Hall–Kier alpha value is -1.84. The Labute approximate surface area is 97.1 Å². The van der Waals surface area contributed by atoms with Gasteiger partial charge in [0.15, 0.2) is 11.6 Å². The minimum absolute atomic E-state index is 0.272. The zero-order valence-corrected chi connectivity index (χ0v) is 9.40. The second kappa shape index (κ2) is 3.32. The van der Waals surface area contributed by atoms with E-state index < -0.39 is 5.82 Å². The topological polar surface area (TPSA) is 41.7 Å². The molecule has 0 saturated heterocycles. The maximum Gasteiger partial charge on any atom is 0.255 e. The number of fused-ring (bicyclic) bond motifs is 1. The first-order chi connectivity index (χ1) is 8.09. The van der Waals surface area contributed by atoms with Crippen molar-refractivity contribution in [3.8, 4) is 5.75 Å². The lowest BCUT2D eigenvalue weighted by Gasteiger charge is -2.11. The zero-order chi connectivity index (χ0) is 12.2. The smallest absolute Gasteiger partial charge is 0.255 e. The van der Waals surface area contributed by atoms with Crippen molar-refractivity contribution < 1.29 is 9.50 Å². The number of aryl methyl sites for hydroxylation is 1. The molecule has 0 radical (unpaired) electrons. The van der Waals surface area contributed by atoms with Crippen molar-refractivity contribution in [1.82, 2.24) is 4.40 Å². The first-order valence-corrected chi connectivity index (χ1v) is 5.63. The van der Waals surface area contributed by atoms with E-state index in [4.69, 9.17) is 0 Å². The molecule has 1 aliphatic carbocycles. The van der Waals surface area contributed by atoms with Gasteiger partial charge in [-0.15, -0.1) is 0 Å². The summed E-state index contributed by atoms with van der Waals surface area (Å²) in [5, 5.41) is 9.63. The van der Waals surface area contributed by atoms with Gasteiger partial charge < -0.3 is 5.11 Å². The van der Waals surface area contributed by atoms with E-state index in [0.717, 1.165) is 24.6 Å². The molecular weight excluding hydrogens is 221 g/mol. The van der Waals surface area contributed by atoms with E-state index in [0.29, 0.717) is 17.0 Å². The SMILES string of the molecule is Cc1c(O)c(F)cn2c(=O)ccc(C3CC3)c12. The van der Waals surface area contributed by atoms with Crippen LogP contribution in [0.2, 0.25) is 0 Å². The van der Waals surface area contributed by atoms with Gasteiger partial charge >= 0.3 is 0 Å². The van der Waals surface area contributed by atoms with E-state index in [1.165, 1.54) is 10.5 Å². The van der Waals surface area contributed by atoms with Gasteiger partial charge in [0, 0.05) is 11.6 Å². The molecule has 3 nitrogen and oxygen atoms in total. The number of aromatic nitrogens is 1. The maximum absolute atomic E-state index is 13.4. The molecule has 2 aromatic heterocycles. The van der Waals surface area contributed by atoms with Gasteiger partial charge in [-0.25, -0.2) is 4.39 Å². The van der Waals surface area contributed by atoms with Crippen molar-refractivity contribution in [3.63, 3.8) is 0 Å². The van der Waals surface area contributed by atoms with Crippen LogP contribution in [-0.4, -0.2) is 9.51 Å². The summed E-state index contributed by atoms with van der Waals surface area (Å²) in [6.45, 7) is 1.64. The monoisotopic (exact) mass is 233 g/mol. The van der Waals surface area contributed by atoms with Crippen molar-refractivity contribution in [3.05, 3.63) is 45.6 Å². The minimum atomic E-state index is -0.759. The van der Waals surface area contributed by atoms with E-state index >= 15 is 0 Å². The van der Waals surface area contributed by atoms with E-state index in [1.807, 2.05) is 0 Å². The first kappa shape index (κ1) is 10.3. The number of halogens is 1. The van der Waals surface area contributed by atoms with Crippen LogP contribution in [0.3, 0.4) is 0 Å². The fraction of sp³-hybridized carbons (Fsp3) is 0.308. The third-order valence-corrected chi connectivity index (χ3v) is 3.35. The zero-order valence-electron chi connectivity index (χ0n) is 9.40. The Balaban J connectivity index is 2.49. The number of rotatable bonds is 1. The Morgan fingerprint density at radius 3 is 2.76 bits per heavy atom. The van der Waals surface area contributed by atoms with Crippen LogP contribution in [0.1, 0.15) is 29.9 Å². The minimum Gasteiger partial charge on any atom is -0.505 e. The number of hydrogen-bond donors (Lipinski definition) is 1. The van der Waals surface area contributed by atoms with Crippen LogP contribution in [0.5, 0.6) is 5.75 Å². The number of aromatic hydroxyl groups is 1. The van der Waals surface area contributed by atoms with Crippen LogP contribution in [0.15, 0.2) is 23.1 Å². The third-order valence-electron chi connectivity index (χ3n) is 3.35. The molecule has 0 atom stereocenters. The summed E-state index contributed by atoms with van der Waals surface area (Å²) in [5.74, 6) is -0.684. The highest BCUT2D eigenvalue weighted by Crippen LogP contribution is 2.43. The van der Waals surface area contributed by atoms with E-state index in [2.05, 4.69) is 0 Å². The van der Waals surface area contributed by atoms with Gasteiger partial charge in [0.05, 0.1) is 11.7 Å². The number of hydrogen-bond acceptors (Lipinski definition) is 2. The van der Waals surface area contributed by atoms with Crippen LogP contribution >= 0.6 is 0 Å². The van der Waals surface area contributed by atoms with E-state index in [-0.39, 0.29) is 11.3 Å². The van der Waals surface area contributed by atoms with Crippen LogP contribution in [0.25, 0.3) is 5.52 Å². The second-order valence-corrected chi connectivity index (χ2v) is 4.57. The van der Waals surface area contributed by atoms with Crippen LogP contribution in [-0.2, 0) is 0 Å². The highest BCUT2D eigenvalue weighted by Gasteiger charge is 2.27. The Kier molecular flexibility index (Phi) is 2.02. The van der Waals surface area contributed by atoms with Gasteiger partial charge in [-0.2, -0.15) is 0 Å². The molecule has 1 saturated carbocycles. The molecule has 3 rings (SSSR count). The van der Waals surface area contributed by atoms with Gasteiger partial charge in [0.2, 0.25) is 0 Å². The van der Waals surface area contributed by atoms with Gasteiger partial charge in [-0.3, -0.25) is 9.20 Å². The molecule has 4 heteroatoms. The number of nitrogens with zero attached hydrogens (tertiary/aromatic N) is 1. The van der Waals surface area contributed by atoms with Crippen molar-refractivity contribution in [2.45, 2.75) is 25.7 Å². The summed E-state index contributed by atoms with van der Waals surface area (Å²) in [4.78, 5) is 11.7. The fourth-order valence-electron chi connectivity index (χ4n) is 2.28. The molecule has 0 bridgehead atoms. The highest BCUT2D eigenvalue weighted by atomic mass is 19.1. The number of pyridine rings is 2. The molecule has 17 heavy (non-hydrogen) atoms. The summed E-state index contributed by atoms with van der Waals surface area (Å²) in [6, 6.07) is 3.25. The highest BCUT2D eigenvalue weighted by molar-refractivity contribution is 5.66. The maximum atomic E-state index is 13.4. The normalized spacial score (nSPS) is 15.4. The van der Waals surface area contributed by atoms with Crippen LogP contribution < -0.4 is 5.56 Å². The standard InChI is InChI=1S/C13H12FNO2/c1-7-12-9(8-2-3-8)4-5-11(16)15(12)6-10(14)13(7)17/h4-6,8,17H,2-3H2,1H3. The molecule has 0 amide bonds. The van der Waals surface area contributed by atoms with Gasteiger partial charge in [0.25, 0.3) is 5.56 Å². The van der Waals surface area contributed by atoms with Crippen molar-refractivity contribution in [2.75, 3.05) is 0 Å². The average Bonchev–Trinajstić information content (AvgIpc) is 3.12. The molecule has 1 aliphatic rings. The molecule has 2 aromatic rings. The Morgan fingerprint density at radius 2 is 2.12 bits per heavy atom. The fourth-order valence-corrected chi connectivity index (χ4v) is 2.28. The van der Waals surface area contributed by atoms with Crippen molar-refractivity contribution >= 4 is 5.52 Å². The Bertz CT molecular complexity index is 671. The predicted molar refractivity (Wildman–Crippen MR) is 62.0 cm³/mol. The van der Waals surface area contributed by atoms with E-state index in [1.54, 1.807) is 13.0 Å². The molecular formula is C13H12FNO2. The third kappa shape index (κ3) is 1.44. The molecule has 1 fully saturated rings. The summed E-state index contributed by atoms with van der Waals surface area (Å²) >= 11 is 0. The summed E-state index contributed by atoms with van der Waals surface area (Å²) in [5.41, 5.74) is 1.84. The first-order valence-electron chi connectivity index (χ1n) is 5.63. The summed E-state index contributed by atoms with van der Waals surface area (Å²) < 4.78 is 14.7. The largest absolute Gasteiger partial charge is 0.505 e. The molecule has 0 spiro atoms. The van der Waals surface area contributed by atoms with Crippen LogP contribution in [0.4, 0.5) is 4.39 Å². The van der Waals surface area contributed by atoms with Crippen molar-refractivity contribution in [1.29, 1.82) is 0 Å². The molecule has 88 valence electrons. The van der Waals surface area contributed by atoms with E-state index in [9.17, 15) is 14.3 Å². The van der Waals surface area contributed by atoms with Gasteiger partial charge in [0.1, 0.15) is 0 Å². The molecule has 2 heterocycles. The lowest BCUT2D eigenvalue weighted by Crippen LogP contribution is -2.14. The van der Waals surface area contributed by atoms with Crippen LogP contribution in [0, 0.1) is 12.7 Å². The average molecular weight is 233 g/mol. The molecule has 0 unspecified atom stereocenters.